The maximum atomic E-state index is 11.9. The van der Waals surface area contributed by atoms with Crippen molar-refractivity contribution in [2.45, 2.75) is 32.2 Å². The highest BCUT2D eigenvalue weighted by molar-refractivity contribution is 5.78. The van der Waals surface area contributed by atoms with Crippen molar-refractivity contribution in [2.75, 3.05) is 19.7 Å². The molecule has 0 radical (unpaired) electrons. The summed E-state index contributed by atoms with van der Waals surface area (Å²) in [4.78, 5) is 11.9. The molecule has 0 spiro atoms. The van der Waals surface area contributed by atoms with Crippen molar-refractivity contribution >= 4 is 5.91 Å². The van der Waals surface area contributed by atoms with E-state index in [1.165, 1.54) is 6.42 Å². The summed E-state index contributed by atoms with van der Waals surface area (Å²) in [5.74, 6) is 0.964. The van der Waals surface area contributed by atoms with Gasteiger partial charge in [0.1, 0.15) is 5.75 Å². The van der Waals surface area contributed by atoms with Crippen molar-refractivity contribution in [3.8, 4) is 5.75 Å². The van der Waals surface area contributed by atoms with E-state index in [0.717, 1.165) is 31.7 Å². The smallest absolute Gasteiger partial charge is 0.223 e. The number of rotatable bonds is 7. The molecule has 1 saturated heterocycles. The van der Waals surface area contributed by atoms with E-state index in [0.29, 0.717) is 12.6 Å². The van der Waals surface area contributed by atoms with Gasteiger partial charge in [-0.05, 0) is 37.9 Å². The minimum absolute atomic E-state index is 0.0138. The highest BCUT2D eigenvalue weighted by atomic mass is 16.5. The Morgan fingerprint density at radius 1 is 1.45 bits per heavy atom. The molecular weight excluding hydrogens is 252 g/mol. The molecule has 2 N–H and O–H groups in total. The largest absolute Gasteiger partial charge is 0.494 e. The first kappa shape index (κ1) is 14.9. The number of carbonyl (C=O) groups excluding carboxylic acids is 1. The van der Waals surface area contributed by atoms with Gasteiger partial charge in [0.15, 0.2) is 0 Å². The Bertz CT molecular complexity index is 402. The van der Waals surface area contributed by atoms with Crippen LogP contribution in [0, 0.1) is 5.92 Å². The number of hydrogen-bond donors (Lipinski definition) is 2. The molecule has 2 unspecified atom stereocenters. The van der Waals surface area contributed by atoms with Crippen molar-refractivity contribution in [3.63, 3.8) is 0 Å². The number of benzene rings is 1. The molecule has 1 amide bonds. The van der Waals surface area contributed by atoms with Gasteiger partial charge in [0, 0.05) is 18.5 Å². The average Bonchev–Trinajstić information content (AvgIpc) is 2.99. The van der Waals surface area contributed by atoms with Gasteiger partial charge >= 0.3 is 0 Å². The van der Waals surface area contributed by atoms with Gasteiger partial charge in [-0.25, -0.2) is 0 Å². The predicted octanol–water partition coefficient (Wildman–Crippen LogP) is 1.96. The van der Waals surface area contributed by atoms with Crippen molar-refractivity contribution in [1.29, 1.82) is 0 Å². The summed E-state index contributed by atoms with van der Waals surface area (Å²) in [6.07, 6.45) is 3.10. The molecule has 0 bridgehead atoms. The molecule has 0 aliphatic carbocycles. The number of nitrogens with one attached hydrogen (secondary N) is 2. The summed E-state index contributed by atoms with van der Waals surface area (Å²) >= 11 is 0. The Morgan fingerprint density at radius 2 is 2.25 bits per heavy atom. The van der Waals surface area contributed by atoms with E-state index in [9.17, 15) is 4.79 Å². The summed E-state index contributed by atoms with van der Waals surface area (Å²) in [6, 6.07) is 10.2. The molecule has 0 aromatic heterocycles. The molecule has 1 fully saturated rings. The number of para-hydroxylation sites is 1. The van der Waals surface area contributed by atoms with Gasteiger partial charge in [0.25, 0.3) is 0 Å². The molecule has 2 atom stereocenters. The number of hydrogen-bond acceptors (Lipinski definition) is 3. The van der Waals surface area contributed by atoms with Gasteiger partial charge < -0.3 is 15.4 Å². The van der Waals surface area contributed by atoms with E-state index in [4.69, 9.17) is 4.74 Å². The van der Waals surface area contributed by atoms with Crippen LogP contribution in [0.2, 0.25) is 0 Å². The fourth-order valence-corrected chi connectivity index (χ4v) is 2.33. The van der Waals surface area contributed by atoms with Crippen LogP contribution in [0.3, 0.4) is 0 Å². The summed E-state index contributed by atoms with van der Waals surface area (Å²) in [6.45, 7) is 4.33. The van der Waals surface area contributed by atoms with Crippen LogP contribution in [0.1, 0.15) is 26.2 Å². The van der Waals surface area contributed by atoms with Crippen LogP contribution in [-0.2, 0) is 4.79 Å². The lowest BCUT2D eigenvalue weighted by atomic mass is 10.1. The fraction of sp³-hybridized carbons (Fsp3) is 0.562. The quantitative estimate of drug-likeness (QED) is 0.800. The molecule has 110 valence electrons. The number of ether oxygens (including phenoxy) is 1. The summed E-state index contributed by atoms with van der Waals surface area (Å²) in [7, 11) is 0. The zero-order valence-electron chi connectivity index (χ0n) is 12.1. The summed E-state index contributed by atoms with van der Waals surface area (Å²) in [5, 5.41) is 6.39. The van der Waals surface area contributed by atoms with Crippen LogP contribution in [0.5, 0.6) is 5.75 Å². The molecule has 1 aromatic rings. The topological polar surface area (TPSA) is 50.4 Å². The minimum atomic E-state index is -0.0138. The second-order valence-electron chi connectivity index (χ2n) is 5.39. The molecule has 1 aliphatic rings. The van der Waals surface area contributed by atoms with E-state index in [2.05, 4.69) is 10.6 Å². The lowest BCUT2D eigenvalue weighted by Crippen LogP contribution is -2.39. The third kappa shape index (κ3) is 4.85. The average molecular weight is 276 g/mol. The Kier molecular flexibility index (Phi) is 5.87. The van der Waals surface area contributed by atoms with Gasteiger partial charge in [-0.1, -0.05) is 25.1 Å². The monoisotopic (exact) mass is 276 g/mol. The first-order chi connectivity index (χ1) is 9.75. The second-order valence-corrected chi connectivity index (χ2v) is 5.39. The molecule has 0 saturated carbocycles. The summed E-state index contributed by atoms with van der Waals surface area (Å²) in [5.41, 5.74) is 0. The van der Waals surface area contributed by atoms with Crippen molar-refractivity contribution in [3.05, 3.63) is 30.3 Å². The number of amides is 1. The van der Waals surface area contributed by atoms with E-state index in [-0.39, 0.29) is 11.8 Å². The van der Waals surface area contributed by atoms with Gasteiger partial charge in [0.05, 0.1) is 6.61 Å². The first-order valence-corrected chi connectivity index (χ1v) is 7.44. The van der Waals surface area contributed by atoms with Gasteiger partial charge in [-0.3, -0.25) is 4.79 Å². The summed E-state index contributed by atoms with van der Waals surface area (Å²) < 4.78 is 5.61. The van der Waals surface area contributed by atoms with E-state index in [1.54, 1.807) is 0 Å². The molecule has 4 heteroatoms. The van der Waals surface area contributed by atoms with E-state index >= 15 is 0 Å². The Labute approximate surface area is 120 Å². The molecule has 20 heavy (non-hydrogen) atoms. The minimum Gasteiger partial charge on any atom is -0.494 e. The highest BCUT2D eigenvalue weighted by Crippen LogP contribution is 2.10. The molecule has 4 nitrogen and oxygen atoms in total. The molecule has 1 aliphatic heterocycles. The van der Waals surface area contributed by atoms with Gasteiger partial charge in [-0.15, -0.1) is 0 Å². The fourth-order valence-electron chi connectivity index (χ4n) is 2.33. The van der Waals surface area contributed by atoms with Crippen LogP contribution >= 0.6 is 0 Å². The van der Waals surface area contributed by atoms with Gasteiger partial charge in [0.2, 0.25) is 5.91 Å². The molecular formula is C16H24N2O2. The highest BCUT2D eigenvalue weighted by Gasteiger charge is 2.17. The molecule has 1 aromatic carbocycles. The maximum absolute atomic E-state index is 11.9. The lowest BCUT2D eigenvalue weighted by Gasteiger charge is -2.15. The molecule has 2 rings (SSSR count). The zero-order chi connectivity index (χ0) is 14.2. The van der Waals surface area contributed by atoms with E-state index < -0.39 is 0 Å². The zero-order valence-corrected chi connectivity index (χ0v) is 12.1. The van der Waals surface area contributed by atoms with Crippen LogP contribution < -0.4 is 15.4 Å². The predicted molar refractivity (Wildman–Crippen MR) is 79.8 cm³/mol. The van der Waals surface area contributed by atoms with Crippen LogP contribution in [-0.4, -0.2) is 31.6 Å². The van der Waals surface area contributed by atoms with Crippen molar-refractivity contribution < 1.29 is 9.53 Å². The maximum Gasteiger partial charge on any atom is 0.223 e. The standard InChI is InChI=1S/C16H24N2O2/c1-13(9-11-20-15-7-3-2-4-8-15)16(19)18-12-14-6-5-10-17-14/h2-4,7-8,13-14,17H,5-6,9-12H2,1H3,(H,18,19). The van der Waals surface area contributed by atoms with Crippen molar-refractivity contribution in [2.24, 2.45) is 5.92 Å². The molecule has 1 heterocycles. The van der Waals surface area contributed by atoms with Gasteiger partial charge in [-0.2, -0.15) is 0 Å². The third-order valence-corrected chi connectivity index (χ3v) is 3.70. The second kappa shape index (κ2) is 7.90. The van der Waals surface area contributed by atoms with Crippen LogP contribution in [0.15, 0.2) is 30.3 Å². The third-order valence-electron chi connectivity index (χ3n) is 3.70. The van der Waals surface area contributed by atoms with Crippen LogP contribution in [0.4, 0.5) is 0 Å². The Hall–Kier alpha value is -1.55. The first-order valence-electron chi connectivity index (χ1n) is 7.44. The van der Waals surface area contributed by atoms with Crippen LogP contribution in [0.25, 0.3) is 0 Å². The lowest BCUT2D eigenvalue weighted by molar-refractivity contribution is -0.124. The Balaban J connectivity index is 1.61. The van der Waals surface area contributed by atoms with Crippen molar-refractivity contribution in [1.82, 2.24) is 10.6 Å². The number of carbonyl (C=O) groups is 1. The Morgan fingerprint density at radius 3 is 2.95 bits per heavy atom. The normalized spacial score (nSPS) is 19.6. The SMILES string of the molecule is CC(CCOc1ccccc1)C(=O)NCC1CCCN1. The van der Waals surface area contributed by atoms with E-state index in [1.807, 2.05) is 37.3 Å².